The molecule has 73 heavy (non-hydrogen) atoms. The average Bonchev–Trinajstić information content (AvgIpc) is 4.04. The molecule has 1 aromatic heterocycles. The van der Waals surface area contributed by atoms with Crippen molar-refractivity contribution in [3.05, 3.63) is 108 Å². The van der Waals surface area contributed by atoms with E-state index in [1.54, 1.807) is 0 Å². The van der Waals surface area contributed by atoms with E-state index in [9.17, 15) is 43.5 Å². The van der Waals surface area contributed by atoms with Crippen LogP contribution in [-0.2, 0) is 51.0 Å². The van der Waals surface area contributed by atoms with Crippen molar-refractivity contribution in [2.24, 2.45) is 0 Å². The van der Waals surface area contributed by atoms with Gasteiger partial charge in [-0.05, 0) is 96.0 Å². The van der Waals surface area contributed by atoms with Gasteiger partial charge in [-0.3, -0.25) is 23.2 Å². The van der Waals surface area contributed by atoms with Crippen LogP contribution in [0.5, 0.6) is 0 Å². The Bertz CT molecular complexity index is 2120. The van der Waals surface area contributed by atoms with Gasteiger partial charge in [-0.25, -0.2) is 13.9 Å². The Hall–Kier alpha value is -4.10. The molecular weight excluding hydrogens is 985 g/mol. The maximum Gasteiger partial charge on any atom is 0.481 e. The first kappa shape index (κ1) is 63.2. The number of aliphatic hydroxyl groups excluding tert-OH is 2. The minimum absolute atomic E-state index is 0.0265. The van der Waals surface area contributed by atoms with Gasteiger partial charge in [0.05, 0.1) is 25.4 Å². The van der Waals surface area contributed by atoms with Gasteiger partial charge in [0, 0.05) is 19.0 Å². The van der Waals surface area contributed by atoms with Crippen LogP contribution in [0.4, 0.5) is 5.82 Å². The van der Waals surface area contributed by atoms with Crippen molar-refractivity contribution in [2.75, 3.05) is 25.6 Å². The van der Waals surface area contributed by atoms with E-state index >= 15 is 0 Å². The molecule has 3 heterocycles. The number of nitrogen functional groups attached to an aromatic ring is 1. The second kappa shape index (κ2) is 36.8. The van der Waals surface area contributed by atoms with Crippen molar-refractivity contribution in [3.63, 3.8) is 0 Å². The zero-order valence-corrected chi connectivity index (χ0v) is 44.4. The largest absolute Gasteiger partial charge is 0.481 e. The fourth-order valence-electron chi connectivity index (χ4n) is 7.22. The Kier molecular flexibility index (Phi) is 31.8. The molecule has 0 aliphatic carbocycles. The number of phosphoric ester groups is 2. The lowest BCUT2D eigenvalue weighted by molar-refractivity contribution is -0.161. The number of carbonyl (C=O) groups excluding carboxylic acids is 2. The number of esters is 2. The van der Waals surface area contributed by atoms with E-state index in [0.717, 1.165) is 62.1 Å². The topological polar surface area (TPSA) is 278 Å². The van der Waals surface area contributed by atoms with E-state index in [1.165, 1.54) is 44.6 Å². The molecule has 2 aliphatic heterocycles. The predicted molar refractivity (Wildman–Crippen MR) is 279 cm³/mol. The monoisotopic (exact) mass is 1070 g/mol. The first-order chi connectivity index (χ1) is 35.1. The molecule has 410 valence electrons. The lowest BCUT2D eigenvalue weighted by Gasteiger charge is -2.21. The van der Waals surface area contributed by atoms with Crippen LogP contribution in [0.15, 0.2) is 102 Å². The highest BCUT2D eigenvalue weighted by Crippen LogP contribution is 2.60. The zero-order valence-electron chi connectivity index (χ0n) is 42.6. The molecule has 0 amide bonds. The lowest BCUT2D eigenvalue weighted by atomic mass is 10.1. The number of rotatable bonds is 40. The molecule has 0 saturated carbocycles. The summed E-state index contributed by atoms with van der Waals surface area (Å²) in [5, 5.41) is 20.9. The molecule has 21 heteroatoms. The van der Waals surface area contributed by atoms with Crippen LogP contribution in [0.1, 0.15) is 148 Å². The van der Waals surface area contributed by atoms with Crippen LogP contribution in [0.3, 0.4) is 0 Å². The van der Waals surface area contributed by atoms with Gasteiger partial charge in [0.2, 0.25) is 0 Å². The Labute approximate surface area is 431 Å². The van der Waals surface area contributed by atoms with E-state index < -0.39 is 83.7 Å². The molecule has 0 aromatic carbocycles. The molecule has 19 nitrogen and oxygen atoms in total. The molecule has 0 bridgehead atoms. The highest BCUT2D eigenvalue weighted by Gasteiger charge is 2.46. The number of ether oxygens (including phenoxy) is 4. The van der Waals surface area contributed by atoms with Gasteiger partial charge < -0.3 is 44.7 Å². The normalized spacial score (nSPS) is 22.4. The van der Waals surface area contributed by atoms with Gasteiger partial charge in [0.1, 0.15) is 30.7 Å². The zero-order chi connectivity index (χ0) is 53.2. The summed E-state index contributed by atoms with van der Waals surface area (Å²) in [6.07, 6.45) is 39.8. The summed E-state index contributed by atoms with van der Waals surface area (Å²) in [6, 6.07) is 1.24. The minimum atomic E-state index is -5.46. The van der Waals surface area contributed by atoms with Crippen molar-refractivity contribution >= 4 is 33.4 Å². The number of carbonyl (C=O) groups is 2. The quantitative estimate of drug-likeness (QED) is 0.0134. The van der Waals surface area contributed by atoms with Crippen LogP contribution >= 0.6 is 15.6 Å². The Morgan fingerprint density at radius 2 is 1.16 bits per heavy atom. The minimum Gasteiger partial charge on any atom is -0.462 e. The van der Waals surface area contributed by atoms with E-state index in [4.69, 9.17) is 33.7 Å². The standard InChI is InChI=1S/C52H81N3O16P2/c1-3-5-7-9-11-13-14-15-16-17-18-19-20-22-24-26-32-36-48(57)68-42(39-65-47(56)35-31-28-27-30-34-44-43(69-44)33-29-25-23-21-12-10-8-6-4-2)40-66-72(61,62)71-73(63,64)67-41-45-49(58)50(59)51(70-45)55-38-37-46(53)54-52(55)60/h11-13,15-16,18-19,21-22,24-25,27,29-30,37-38,42-45,49-51,58-59H,3-10,14,17,20,23,26,28,31-36,39-41H2,1-2H3,(H,61,62)(H,63,64)(H2,53,54,60)/b13-11-,16-15-,19-18-,21-12-,24-22-,29-25-,30-27-/t42-,43?,44?,45-,49-,50-,51-/m1/s1. The summed E-state index contributed by atoms with van der Waals surface area (Å²) in [6.45, 7) is 1.97. The van der Waals surface area contributed by atoms with Crippen LogP contribution in [0.2, 0.25) is 0 Å². The number of anilines is 1. The van der Waals surface area contributed by atoms with Gasteiger partial charge in [-0.1, -0.05) is 125 Å². The van der Waals surface area contributed by atoms with E-state index in [-0.39, 0.29) is 30.9 Å². The predicted octanol–water partition coefficient (Wildman–Crippen LogP) is 9.65. The van der Waals surface area contributed by atoms with Crippen molar-refractivity contribution in [2.45, 2.75) is 185 Å². The fourth-order valence-corrected chi connectivity index (χ4v) is 9.33. The summed E-state index contributed by atoms with van der Waals surface area (Å²) in [5.74, 6) is -1.45. The highest BCUT2D eigenvalue weighted by molar-refractivity contribution is 7.61. The number of aromatic nitrogens is 2. The third-order valence-electron chi connectivity index (χ3n) is 11.4. The molecule has 6 N–H and O–H groups in total. The van der Waals surface area contributed by atoms with E-state index in [1.807, 2.05) is 24.3 Å². The molecule has 4 unspecified atom stereocenters. The van der Waals surface area contributed by atoms with Crippen molar-refractivity contribution < 1.29 is 71.0 Å². The first-order valence-corrected chi connectivity index (χ1v) is 28.7. The molecule has 1 aromatic rings. The lowest BCUT2D eigenvalue weighted by Crippen LogP contribution is -2.36. The third-order valence-corrected chi connectivity index (χ3v) is 14.0. The van der Waals surface area contributed by atoms with Crippen LogP contribution in [0.25, 0.3) is 0 Å². The molecule has 0 radical (unpaired) electrons. The summed E-state index contributed by atoms with van der Waals surface area (Å²) < 4.78 is 62.5. The maximum atomic E-state index is 12.9. The number of hydrogen-bond acceptors (Lipinski definition) is 16. The number of hydrogen-bond donors (Lipinski definition) is 5. The van der Waals surface area contributed by atoms with E-state index in [0.29, 0.717) is 25.7 Å². The highest BCUT2D eigenvalue weighted by atomic mass is 31.3. The van der Waals surface area contributed by atoms with Crippen LogP contribution in [-0.4, -0.2) is 97.9 Å². The maximum absolute atomic E-state index is 12.9. The van der Waals surface area contributed by atoms with Gasteiger partial charge in [0.15, 0.2) is 12.3 Å². The third kappa shape index (κ3) is 29.0. The van der Waals surface area contributed by atoms with Gasteiger partial charge in [0.25, 0.3) is 0 Å². The summed E-state index contributed by atoms with van der Waals surface area (Å²) in [5.41, 5.74) is 4.58. The molecule has 0 spiro atoms. The number of aliphatic hydroxyl groups is 2. The average molecular weight is 1070 g/mol. The Morgan fingerprint density at radius 3 is 1.73 bits per heavy atom. The number of nitrogens with two attached hydrogens (primary N) is 1. The molecular formula is C52H81N3O16P2. The number of phosphoric acid groups is 2. The van der Waals surface area contributed by atoms with E-state index in [2.05, 4.69) is 83.9 Å². The first-order valence-electron chi connectivity index (χ1n) is 25.7. The number of unbranched alkanes of at least 4 members (excludes halogenated alkanes) is 8. The van der Waals surface area contributed by atoms with Crippen LogP contribution < -0.4 is 11.4 Å². The summed E-state index contributed by atoms with van der Waals surface area (Å²) in [4.78, 5) is 62.0. The fraction of sp³-hybridized carbons (Fsp3) is 0.615. The molecule has 2 fully saturated rings. The van der Waals surface area contributed by atoms with Gasteiger partial charge in [-0.15, -0.1) is 0 Å². The van der Waals surface area contributed by atoms with Crippen molar-refractivity contribution in [3.8, 4) is 0 Å². The molecule has 9 atom stereocenters. The van der Waals surface area contributed by atoms with Gasteiger partial charge >= 0.3 is 33.3 Å². The molecule has 3 rings (SSSR count). The van der Waals surface area contributed by atoms with Crippen LogP contribution in [0, 0.1) is 0 Å². The second-order valence-electron chi connectivity index (χ2n) is 17.7. The number of allylic oxidation sites excluding steroid dienone is 12. The number of epoxide rings is 1. The Balaban J connectivity index is 1.44. The van der Waals surface area contributed by atoms with Crippen molar-refractivity contribution in [1.29, 1.82) is 0 Å². The Morgan fingerprint density at radius 1 is 0.671 bits per heavy atom. The second-order valence-corrected chi connectivity index (χ2v) is 20.7. The SMILES string of the molecule is CCCCC/C=C\C/C=C\C/C=C\C/C=C\CCCC(=O)O[C@H](COC(=O)CCC/C=C\CC1OC1C/C=C\C/C=C\CCCCC)COP(=O)(O)OP(=O)(O)OC[C@H]1O[C@@H](n2ccc(N)nc2=O)[C@H](O)[C@@H]1O. The smallest absolute Gasteiger partial charge is 0.462 e. The van der Waals surface area contributed by atoms with Gasteiger partial charge in [-0.2, -0.15) is 9.29 Å². The molecule has 2 aliphatic rings. The van der Waals surface area contributed by atoms with Crippen molar-refractivity contribution in [1.82, 2.24) is 9.55 Å². The molecule has 2 saturated heterocycles. The summed E-state index contributed by atoms with van der Waals surface area (Å²) in [7, 11) is -10.9. The number of nitrogens with zero attached hydrogens (tertiary/aromatic N) is 2. The summed E-state index contributed by atoms with van der Waals surface area (Å²) >= 11 is 0.